The second-order valence-corrected chi connectivity index (χ2v) is 4.83. The van der Waals surface area contributed by atoms with Crippen molar-refractivity contribution in [1.29, 1.82) is 0 Å². The number of rotatable bonds is 3. The molecule has 0 saturated heterocycles. The molecule has 1 unspecified atom stereocenters. The Hall–Kier alpha value is -0.670. The lowest BCUT2D eigenvalue weighted by Gasteiger charge is -2.28. The van der Waals surface area contributed by atoms with E-state index < -0.39 is 17.7 Å². The molecule has 2 N–H and O–H groups in total. The molecule has 1 fully saturated rings. The molecule has 0 bridgehead atoms. The first-order valence-electron chi connectivity index (χ1n) is 5.48. The molecule has 16 heavy (non-hydrogen) atoms. The van der Waals surface area contributed by atoms with Gasteiger partial charge in [-0.25, -0.2) is 8.78 Å². The second kappa shape index (κ2) is 4.68. The number of hydrogen-bond acceptors (Lipinski definition) is 1. The van der Waals surface area contributed by atoms with Gasteiger partial charge in [-0.1, -0.05) is 30.9 Å². The van der Waals surface area contributed by atoms with E-state index in [-0.39, 0.29) is 10.6 Å². The Morgan fingerprint density at radius 3 is 2.56 bits per heavy atom. The molecule has 0 aromatic heterocycles. The predicted octanol–water partition coefficient (Wildman–Crippen LogP) is 3.81. The second-order valence-electron chi connectivity index (χ2n) is 4.43. The Bertz CT molecular complexity index is 391. The van der Waals surface area contributed by atoms with Crippen molar-refractivity contribution < 1.29 is 8.78 Å². The van der Waals surface area contributed by atoms with E-state index in [2.05, 4.69) is 0 Å². The van der Waals surface area contributed by atoms with Crippen molar-refractivity contribution in [1.82, 2.24) is 0 Å². The van der Waals surface area contributed by atoms with Crippen LogP contribution >= 0.6 is 11.6 Å². The molecule has 1 aliphatic carbocycles. The first-order valence-corrected chi connectivity index (χ1v) is 5.85. The van der Waals surface area contributed by atoms with E-state index in [0.29, 0.717) is 5.92 Å². The quantitative estimate of drug-likeness (QED) is 0.806. The Balaban J connectivity index is 2.14. The number of benzene rings is 1. The van der Waals surface area contributed by atoms with Crippen LogP contribution in [0.4, 0.5) is 8.78 Å². The van der Waals surface area contributed by atoms with Gasteiger partial charge in [0, 0.05) is 11.6 Å². The predicted molar refractivity (Wildman–Crippen MR) is 60.3 cm³/mol. The third kappa shape index (κ3) is 2.36. The van der Waals surface area contributed by atoms with Crippen LogP contribution in [0.5, 0.6) is 0 Å². The average Bonchev–Trinajstić information content (AvgIpc) is 2.17. The standard InChI is InChI=1S/C12H14ClF2N/c13-9-6-10(14)8(5-11(9)15)12(16)4-7-2-1-3-7/h5-7,12H,1-4,16H2. The van der Waals surface area contributed by atoms with Crippen LogP contribution in [0, 0.1) is 17.6 Å². The summed E-state index contributed by atoms with van der Waals surface area (Å²) in [6, 6.07) is 1.67. The third-order valence-corrected chi connectivity index (χ3v) is 3.54. The Kier molecular flexibility index (Phi) is 3.45. The van der Waals surface area contributed by atoms with Crippen LogP contribution in [0.15, 0.2) is 12.1 Å². The SMILES string of the molecule is NC(CC1CCC1)c1cc(F)c(Cl)cc1F. The summed E-state index contributed by atoms with van der Waals surface area (Å²) in [7, 11) is 0. The summed E-state index contributed by atoms with van der Waals surface area (Å²) in [6.45, 7) is 0. The minimum atomic E-state index is -0.609. The van der Waals surface area contributed by atoms with Gasteiger partial charge >= 0.3 is 0 Å². The fraction of sp³-hybridized carbons (Fsp3) is 0.500. The van der Waals surface area contributed by atoms with E-state index in [4.69, 9.17) is 17.3 Å². The molecule has 1 aliphatic rings. The van der Waals surface area contributed by atoms with Crippen LogP contribution in [0.3, 0.4) is 0 Å². The molecule has 1 atom stereocenters. The Labute approximate surface area is 98.6 Å². The van der Waals surface area contributed by atoms with Gasteiger partial charge in [-0.05, 0) is 24.5 Å². The first kappa shape index (κ1) is 11.8. The van der Waals surface area contributed by atoms with Gasteiger partial charge in [-0.15, -0.1) is 0 Å². The molecule has 1 saturated carbocycles. The van der Waals surface area contributed by atoms with Gasteiger partial charge in [0.2, 0.25) is 0 Å². The summed E-state index contributed by atoms with van der Waals surface area (Å²) in [5, 5.41) is -0.197. The monoisotopic (exact) mass is 245 g/mol. The first-order chi connectivity index (χ1) is 7.58. The van der Waals surface area contributed by atoms with E-state index in [0.717, 1.165) is 31.4 Å². The Morgan fingerprint density at radius 1 is 1.31 bits per heavy atom. The minimum absolute atomic E-state index is 0.197. The van der Waals surface area contributed by atoms with E-state index in [1.807, 2.05) is 0 Å². The van der Waals surface area contributed by atoms with Gasteiger partial charge in [0.1, 0.15) is 11.6 Å². The highest BCUT2D eigenvalue weighted by molar-refractivity contribution is 6.30. The molecule has 0 aliphatic heterocycles. The maximum absolute atomic E-state index is 13.5. The van der Waals surface area contributed by atoms with Crippen molar-refractivity contribution in [3.8, 4) is 0 Å². The van der Waals surface area contributed by atoms with Gasteiger partial charge in [0.25, 0.3) is 0 Å². The summed E-state index contributed by atoms with van der Waals surface area (Å²) in [4.78, 5) is 0. The minimum Gasteiger partial charge on any atom is -0.324 e. The maximum atomic E-state index is 13.5. The van der Waals surface area contributed by atoms with Crippen molar-refractivity contribution in [3.63, 3.8) is 0 Å². The molecule has 88 valence electrons. The topological polar surface area (TPSA) is 26.0 Å². The fourth-order valence-corrected chi connectivity index (χ4v) is 2.19. The molecule has 4 heteroatoms. The van der Waals surface area contributed by atoms with Crippen molar-refractivity contribution >= 4 is 11.6 Å². The zero-order chi connectivity index (χ0) is 11.7. The van der Waals surface area contributed by atoms with Gasteiger partial charge in [0.05, 0.1) is 5.02 Å². The van der Waals surface area contributed by atoms with Crippen molar-refractivity contribution in [3.05, 3.63) is 34.4 Å². The van der Waals surface area contributed by atoms with Crippen LogP contribution in [-0.4, -0.2) is 0 Å². The number of nitrogens with two attached hydrogens (primary N) is 1. The molecule has 0 amide bonds. The number of halogens is 3. The van der Waals surface area contributed by atoms with E-state index in [1.54, 1.807) is 0 Å². The zero-order valence-corrected chi connectivity index (χ0v) is 9.61. The van der Waals surface area contributed by atoms with Crippen LogP contribution in [0.1, 0.15) is 37.3 Å². The van der Waals surface area contributed by atoms with Gasteiger partial charge in [0.15, 0.2) is 0 Å². The lowest BCUT2D eigenvalue weighted by Crippen LogP contribution is -2.21. The van der Waals surface area contributed by atoms with Crippen molar-refractivity contribution in [2.45, 2.75) is 31.7 Å². The fourth-order valence-electron chi connectivity index (χ4n) is 2.04. The van der Waals surface area contributed by atoms with E-state index in [9.17, 15) is 8.78 Å². The van der Waals surface area contributed by atoms with Gasteiger partial charge in [-0.3, -0.25) is 0 Å². The highest BCUT2D eigenvalue weighted by Crippen LogP contribution is 2.35. The van der Waals surface area contributed by atoms with Gasteiger partial charge < -0.3 is 5.73 Å². The molecule has 1 aromatic rings. The summed E-state index contributed by atoms with van der Waals surface area (Å²) >= 11 is 5.48. The molecule has 0 heterocycles. The van der Waals surface area contributed by atoms with Crippen molar-refractivity contribution in [2.75, 3.05) is 0 Å². The molecule has 0 radical (unpaired) electrons. The largest absolute Gasteiger partial charge is 0.324 e. The van der Waals surface area contributed by atoms with Gasteiger partial charge in [-0.2, -0.15) is 0 Å². The average molecular weight is 246 g/mol. The normalized spacial score (nSPS) is 18.2. The highest BCUT2D eigenvalue weighted by Gasteiger charge is 2.23. The summed E-state index contributed by atoms with van der Waals surface area (Å²) in [5.41, 5.74) is 6.11. The van der Waals surface area contributed by atoms with Crippen LogP contribution in [0.25, 0.3) is 0 Å². The van der Waals surface area contributed by atoms with Crippen LogP contribution in [0.2, 0.25) is 5.02 Å². The Morgan fingerprint density at radius 2 is 2.00 bits per heavy atom. The lowest BCUT2D eigenvalue weighted by atomic mass is 9.80. The van der Waals surface area contributed by atoms with Crippen molar-refractivity contribution in [2.24, 2.45) is 11.7 Å². The molecule has 1 nitrogen and oxygen atoms in total. The third-order valence-electron chi connectivity index (χ3n) is 3.25. The summed E-state index contributed by atoms with van der Waals surface area (Å²) < 4.78 is 26.7. The molecular weight excluding hydrogens is 232 g/mol. The summed E-state index contributed by atoms with van der Waals surface area (Å²) in [6.07, 6.45) is 4.23. The number of hydrogen-bond donors (Lipinski definition) is 1. The molecular formula is C12H14ClF2N. The molecule has 2 rings (SSSR count). The zero-order valence-electron chi connectivity index (χ0n) is 8.85. The summed E-state index contributed by atoms with van der Waals surface area (Å²) in [5.74, 6) is -0.562. The maximum Gasteiger partial charge on any atom is 0.142 e. The molecule has 0 spiro atoms. The smallest absolute Gasteiger partial charge is 0.142 e. The lowest BCUT2D eigenvalue weighted by molar-refractivity contribution is 0.275. The molecule has 1 aromatic carbocycles. The van der Waals surface area contributed by atoms with Crippen LogP contribution in [-0.2, 0) is 0 Å². The highest BCUT2D eigenvalue weighted by atomic mass is 35.5. The van der Waals surface area contributed by atoms with E-state index >= 15 is 0 Å². The van der Waals surface area contributed by atoms with Crippen LogP contribution < -0.4 is 5.73 Å². The van der Waals surface area contributed by atoms with E-state index in [1.165, 1.54) is 6.42 Å².